The molecule has 0 saturated carbocycles. The molecule has 0 aliphatic carbocycles. The Kier molecular flexibility index (Phi) is 5.09. The van der Waals surface area contributed by atoms with Crippen molar-refractivity contribution in [1.82, 2.24) is 9.88 Å². The van der Waals surface area contributed by atoms with Crippen molar-refractivity contribution >= 4 is 18.1 Å². The summed E-state index contributed by atoms with van der Waals surface area (Å²) in [6, 6.07) is 12.0. The van der Waals surface area contributed by atoms with Gasteiger partial charge in [0.25, 0.3) is 0 Å². The number of carbonyl (C=O) groups is 2. The Hall–Kier alpha value is -3.15. The van der Waals surface area contributed by atoms with Crippen molar-refractivity contribution in [2.75, 3.05) is 6.54 Å². The number of amides is 1. The second-order valence-electron chi connectivity index (χ2n) is 5.81. The third kappa shape index (κ3) is 4.23. The van der Waals surface area contributed by atoms with Crippen LogP contribution in [-0.4, -0.2) is 39.6 Å². The Balaban J connectivity index is 1.69. The summed E-state index contributed by atoms with van der Waals surface area (Å²) in [6.07, 6.45) is 4.90. The molecule has 3 rings (SSSR count). The number of hydrogen-bond acceptors (Lipinski definition) is 4. The van der Waals surface area contributed by atoms with E-state index in [9.17, 15) is 14.7 Å². The normalized spacial score (nSPS) is 18.3. The number of carbonyl (C=O) groups excluding carboxylic acids is 1. The minimum Gasteiger partial charge on any atom is -0.480 e. The molecule has 0 spiro atoms. The van der Waals surface area contributed by atoms with E-state index in [1.165, 1.54) is 4.90 Å². The number of benzene rings is 1. The molecule has 1 fully saturated rings. The molecular weight excluding hydrogens is 320 g/mol. The first-order chi connectivity index (χ1) is 12.1. The zero-order chi connectivity index (χ0) is 17.6. The molecule has 1 atom stereocenters. The number of nitrogens with zero attached hydrogens (tertiary/aromatic N) is 2. The van der Waals surface area contributed by atoms with Crippen molar-refractivity contribution in [2.45, 2.75) is 19.1 Å². The highest BCUT2D eigenvalue weighted by Gasteiger charge is 2.37. The first-order valence-electron chi connectivity index (χ1n) is 7.93. The number of aliphatic carboxylic acids is 1. The van der Waals surface area contributed by atoms with Crippen LogP contribution in [0.2, 0.25) is 0 Å². The van der Waals surface area contributed by atoms with Gasteiger partial charge in [0.05, 0.1) is 0 Å². The van der Waals surface area contributed by atoms with Crippen LogP contribution in [0.25, 0.3) is 6.08 Å². The fraction of sp³-hybridized carbons (Fsp3) is 0.211. The number of carboxylic acids is 1. The van der Waals surface area contributed by atoms with E-state index >= 15 is 0 Å². The fourth-order valence-electron chi connectivity index (χ4n) is 2.77. The van der Waals surface area contributed by atoms with Crippen LogP contribution in [-0.2, 0) is 16.1 Å². The second-order valence-corrected chi connectivity index (χ2v) is 5.81. The second kappa shape index (κ2) is 7.61. The highest BCUT2D eigenvalue weighted by atomic mass is 16.6. The summed E-state index contributed by atoms with van der Waals surface area (Å²) >= 11 is 0. The molecule has 6 heteroatoms. The zero-order valence-electron chi connectivity index (χ0n) is 13.5. The van der Waals surface area contributed by atoms with Crippen LogP contribution in [0.15, 0.2) is 60.4 Å². The Labute approximate surface area is 145 Å². The third-order valence-electron chi connectivity index (χ3n) is 4.01. The van der Waals surface area contributed by atoms with E-state index < -0.39 is 18.1 Å². The summed E-state index contributed by atoms with van der Waals surface area (Å²) in [5.74, 6) is -1.03. The van der Waals surface area contributed by atoms with Crippen LogP contribution < -0.4 is 0 Å². The van der Waals surface area contributed by atoms with E-state index in [1.54, 1.807) is 12.4 Å². The summed E-state index contributed by atoms with van der Waals surface area (Å²) in [6.45, 7) is 0.360. The maximum atomic E-state index is 12.3. The van der Waals surface area contributed by atoms with Gasteiger partial charge in [-0.1, -0.05) is 36.4 Å². The van der Waals surface area contributed by atoms with Gasteiger partial charge in [-0.25, -0.2) is 9.59 Å². The molecule has 1 aliphatic heterocycles. The Bertz CT molecular complexity index is 775. The van der Waals surface area contributed by atoms with Crippen LogP contribution in [0.4, 0.5) is 4.79 Å². The zero-order valence-corrected chi connectivity index (χ0v) is 13.5. The minimum absolute atomic E-state index is 0.117. The number of aromatic nitrogens is 1. The van der Waals surface area contributed by atoms with E-state index in [-0.39, 0.29) is 19.6 Å². The standard InChI is InChI=1S/C19H18N2O4/c22-18(23)17-11-16(10-14-6-8-20-9-7-14)12-21(17)19(24)25-13-15-4-2-1-3-5-15/h1-10,17H,11-13H2,(H,22,23)/t17-/m0/s1. The molecular formula is C19H18N2O4. The lowest BCUT2D eigenvalue weighted by Gasteiger charge is -2.20. The predicted octanol–water partition coefficient (Wildman–Crippen LogP) is 2.96. The summed E-state index contributed by atoms with van der Waals surface area (Å²) < 4.78 is 5.28. The Morgan fingerprint density at radius 1 is 1.20 bits per heavy atom. The molecule has 6 nitrogen and oxygen atoms in total. The monoisotopic (exact) mass is 338 g/mol. The number of pyridine rings is 1. The summed E-state index contributed by atoms with van der Waals surface area (Å²) in [5, 5.41) is 9.42. The number of likely N-dealkylation sites (tertiary alicyclic amines) is 1. The van der Waals surface area contributed by atoms with Gasteiger partial charge in [0, 0.05) is 25.4 Å². The lowest BCUT2D eigenvalue weighted by Crippen LogP contribution is -2.40. The van der Waals surface area contributed by atoms with Gasteiger partial charge in [-0.15, -0.1) is 0 Å². The lowest BCUT2D eigenvalue weighted by atomic mass is 10.1. The average molecular weight is 338 g/mol. The van der Waals surface area contributed by atoms with E-state index in [2.05, 4.69) is 4.98 Å². The van der Waals surface area contributed by atoms with Gasteiger partial charge < -0.3 is 9.84 Å². The molecule has 0 unspecified atom stereocenters. The maximum absolute atomic E-state index is 12.3. The topological polar surface area (TPSA) is 79.7 Å². The van der Waals surface area contributed by atoms with Crippen LogP contribution in [0, 0.1) is 0 Å². The van der Waals surface area contributed by atoms with Crippen molar-refractivity contribution in [3.05, 3.63) is 71.6 Å². The van der Waals surface area contributed by atoms with Crippen LogP contribution in [0.1, 0.15) is 17.5 Å². The van der Waals surface area contributed by atoms with Crippen molar-refractivity contribution in [2.24, 2.45) is 0 Å². The van der Waals surface area contributed by atoms with Crippen molar-refractivity contribution in [3.8, 4) is 0 Å². The molecule has 1 aliphatic rings. The van der Waals surface area contributed by atoms with E-state index in [1.807, 2.05) is 48.5 Å². The molecule has 2 heterocycles. The summed E-state index contributed by atoms with van der Waals surface area (Å²) in [7, 11) is 0. The third-order valence-corrected chi connectivity index (χ3v) is 4.01. The van der Waals surface area contributed by atoms with Crippen LogP contribution in [0.3, 0.4) is 0 Å². The van der Waals surface area contributed by atoms with E-state index in [4.69, 9.17) is 4.74 Å². The Morgan fingerprint density at radius 3 is 2.60 bits per heavy atom. The van der Waals surface area contributed by atoms with Crippen molar-refractivity contribution < 1.29 is 19.4 Å². The summed E-state index contributed by atoms with van der Waals surface area (Å²) in [5.41, 5.74) is 2.65. The summed E-state index contributed by atoms with van der Waals surface area (Å²) in [4.78, 5) is 29.1. The van der Waals surface area contributed by atoms with Gasteiger partial charge in [-0.05, 0) is 28.8 Å². The molecule has 1 aromatic carbocycles. The van der Waals surface area contributed by atoms with Crippen molar-refractivity contribution in [3.63, 3.8) is 0 Å². The molecule has 1 N–H and O–H groups in total. The number of ether oxygens (including phenoxy) is 1. The molecule has 1 saturated heterocycles. The predicted molar refractivity (Wildman–Crippen MR) is 91.6 cm³/mol. The molecule has 25 heavy (non-hydrogen) atoms. The van der Waals surface area contributed by atoms with Crippen molar-refractivity contribution in [1.29, 1.82) is 0 Å². The van der Waals surface area contributed by atoms with E-state index in [0.29, 0.717) is 0 Å². The first kappa shape index (κ1) is 16.7. The number of carboxylic acid groups (broad SMARTS) is 1. The molecule has 128 valence electrons. The van der Waals surface area contributed by atoms with Gasteiger partial charge in [0.1, 0.15) is 12.6 Å². The van der Waals surface area contributed by atoms with E-state index in [0.717, 1.165) is 16.7 Å². The largest absolute Gasteiger partial charge is 0.480 e. The lowest BCUT2D eigenvalue weighted by molar-refractivity contribution is -0.141. The highest BCUT2D eigenvalue weighted by Crippen LogP contribution is 2.26. The highest BCUT2D eigenvalue weighted by molar-refractivity contribution is 5.82. The maximum Gasteiger partial charge on any atom is 0.411 e. The number of rotatable bonds is 4. The molecule has 1 amide bonds. The molecule has 0 radical (unpaired) electrons. The smallest absolute Gasteiger partial charge is 0.411 e. The van der Waals surface area contributed by atoms with Crippen LogP contribution in [0.5, 0.6) is 0 Å². The quantitative estimate of drug-likeness (QED) is 0.927. The number of hydrogen-bond donors (Lipinski definition) is 1. The molecule has 1 aromatic heterocycles. The fourth-order valence-corrected chi connectivity index (χ4v) is 2.77. The van der Waals surface area contributed by atoms with Gasteiger partial charge in [-0.2, -0.15) is 0 Å². The van der Waals surface area contributed by atoms with Gasteiger partial charge in [0.15, 0.2) is 0 Å². The van der Waals surface area contributed by atoms with Gasteiger partial charge >= 0.3 is 12.1 Å². The SMILES string of the molecule is O=C(O)[C@@H]1CC(=Cc2ccncc2)CN1C(=O)OCc1ccccc1. The van der Waals surface area contributed by atoms with Gasteiger partial charge in [0.2, 0.25) is 0 Å². The first-order valence-corrected chi connectivity index (χ1v) is 7.93. The minimum atomic E-state index is -1.03. The average Bonchev–Trinajstić information content (AvgIpc) is 3.06. The Morgan fingerprint density at radius 2 is 1.92 bits per heavy atom. The van der Waals surface area contributed by atoms with Crippen LogP contribution >= 0.6 is 0 Å². The van der Waals surface area contributed by atoms with Gasteiger partial charge in [-0.3, -0.25) is 9.88 Å². The molecule has 0 bridgehead atoms. The molecule has 2 aromatic rings.